The van der Waals surface area contributed by atoms with E-state index >= 15 is 0 Å². The number of hydrogen-bond donors (Lipinski definition) is 2. The van der Waals surface area contributed by atoms with Crippen LogP contribution in [0.15, 0.2) is 18.2 Å². The van der Waals surface area contributed by atoms with Crippen LogP contribution in [0.2, 0.25) is 0 Å². The fraction of sp³-hybridized carbons (Fsp3) is 0.500. The van der Waals surface area contributed by atoms with Crippen LogP contribution in [0, 0.1) is 17.0 Å². The van der Waals surface area contributed by atoms with Gasteiger partial charge in [0.05, 0.1) is 4.92 Å². The fourth-order valence-electron chi connectivity index (χ4n) is 1.95. The standard InChI is InChI=1S/C14H21N3O4/c1-9(2)16-14(4,13(15)18)8-21-12-6-5-11(17(19)20)7-10(12)3/h5-7,9,16H,8H2,1-4H3,(H2,15,18). The molecule has 1 amide bonds. The molecule has 7 nitrogen and oxygen atoms in total. The molecule has 0 saturated heterocycles. The Balaban J connectivity index is 2.86. The summed E-state index contributed by atoms with van der Waals surface area (Å²) in [5, 5.41) is 13.8. The molecule has 0 aromatic heterocycles. The van der Waals surface area contributed by atoms with E-state index in [9.17, 15) is 14.9 Å². The molecule has 0 fully saturated rings. The molecule has 0 saturated carbocycles. The van der Waals surface area contributed by atoms with Crippen LogP contribution >= 0.6 is 0 Å². The number of nitro groups is 1. The summed E-state index contributed by atoms with van der Waals surface area (Å²) in [6, 6.07) is 4.36. The fourth-order valence-corrected chi connectivity index (χ4v) is 1.95. The lowest BCUT2D eigenvalue weighted by Gasteiger charge is -2.29. The van der Waals surface area contributed by atoms with Gasteiger partial charge in [-0.05, 0) is 39.3 Å². The smallest absolute Gasteiger partial charge is 0.269 e. The van der Waals surface area contributed by atoms with Crippen molar-refractivity contribution in [2.45, 2.75) is 39.3 Å². The third-order valence-corrected chi connectivity index (χ3v) is 3.04. The minimum atomic E-state index is -1.01. The van der Waals surface area contributed by atoms with E-state index in [2.05, 4.69) is 5.32 Å². The maximum absolute atomic E-state index is 11.6. The summed E-state index contributed by atoms with van der Waals surface area (Å²) >= 11 is 0. The SMILES string of the molecule is Cc1cc([N+](=O)[O-])ccc1OCC(C)(NC(C)C)C(N)=O. The Hall–Kier alpha value is -2.15. The van der Waals surface area contributed by atoms with Crippen molar-refractivity contribution < 1.29 is 14.5 Å². The Morgan fingerprint density at radius 3 is 2.57 bits per heavy atom. The average Bonchev–Trinajstić information content (AvgIpc) is 2.36. The first-order valence-electron chi connectivity index (χ1n) is 6.61. The van der Waals surface area contributed by atoms with E-state index in [0.29, 0.717) is 11.3 Å². The number of aryl methyl sites for hydroxylation is 1. The lowest BCUT2D eigenvalue weighted by Crippen LogP contribution is -2.59. The predicted octanol–water partition coefficient (Wildman–Crippen LogP) is 1.52. The van der Waals surface area contributed by atoms with Crippen molar-refractivity contribution in [3.8, 4) is 5.75 Å². The lowest BCUT2D eigenvalue weighted by molar-refractivity contribution is -0.384. The van der Waals surface area contributed by atoms with Crippen molar-refractivity contribution in [1.29, 1.82) is 0 Å². The van der Waals surface area contributed by atoms with Crippen LogP contribution < -0.4 is 15.8 Å². The van der Waals surface area contributed by atoms with E-state index in [1.54, 1.807) is 13.8 Å². The van der Waals surface area contributed by atoms with Crippen molar-refractivity contribution in [1.82, 2.24) is 5.32 Å². The molecule has 1 aromatic carbocycles. The Bertz CT molecular complexity index is 545. The molecular formula is C14H21N3O4. The monoisotopic (exact) mass is 295 g/mol. The number of hydrogen-bond acceptors (Lipinski definition) is 5. The quantitative estimate of drug-likeness (QED) is 0.586. The number of primary amides is 1. The second-order valence-electron chi connectivity index (χ2n) is 5.49. The van der Waals surface area contributed by atoms with E-state index < -0.39 is 16.4 Å². The van der Waals surface area contributed by atoms with Gasteiger partial charge in [-0.1, -0.05) is 0 Å². The predicted molar refractivity (Wildman–Crippen MR) is 79.2 cm³/mol. The zero-order valence-corrected chi connectivity index (χ0v) is 12.7. The summed E-state index contributed by atoms with van der Waals surface area (Å²) in [4.78, 5) is 21.8. The van der Waals surface area contributed by atoms with Crippen molar-refractivity contribution in [3.05, 3.63) is 33.9 Å². The van der Waals surface area contributed by atoms with Gasteiger partial charge in [-0.2, -0.15) is 0 Å². The van der Waals surface area contributed by atoms with Crippen LogP contribution in [0.5, 0.6) is 5.75 Å². The van der Waals surface area contributed by atoms with Gasteiger partial charge in [-0.25, -0.2) is 0 Å². The molecule has 0 bridgehead atoms. The number of nitro benzene ring substituents is 1. The van der Waals surface area contributed by atoms with Crippen LogP contribution in [0.3, 0.4) is 0 Å². The van der Waals surface area contributed by atoms with Crippen molar-refractivity contribution in [2.24, 2.45) is 5.73 Å². The molecular weight excluding hydrogens is 274 g/mol. The van der Waals surface area contributed by atoms with Crippen LogP contribution in [0.1, 0.15) is 26.3 Å². The average molecular weight is 295 g/mol. The number of ether oxygens (including phenoxy) is 1. The number of non-ortho nitro benzene ring substituents is 1. The molecule has 116 valence electrons. The van der Waals surface area contributed by atoms with E-state index in [-0.39, 0.29) is 18.3 Å². The van der Waals surface area contributed by atoms with Crippen LogP contribution in [0.4, 0.5) is 5.69 Å². The number of nitrogens with two attached hydrogens (primary N) is 1. The summed E-state index contributed by atoms with van der Waals surface area (Å²) < 4.78 is 5.61. The molecule has 1 atom stereocenters. The number of amides is 1. The number of nitrogens with zero attached hydrogens (tertiary/aromatic N) is 1. The molecule has 1 aromatic rings. The molecule has 0 aliphatic rings. The molecule has 0 radical (unpaired) electrons. The highest BCUT2D eigenvalue weighted by Crippen LogP contribution is 2.24. The summed E-state index contributed by atoms with van der Waals surface area (Å²) in [5.41, 5.74) is 5.03. The van der Waals surface area contributed by atoms with Crippen LogP contribution in [-0.2, 0) is 4.79 Å². The first-order valence-corrected chi connectivity index (χ1v) is 6.61. The van der Waals surface area contributed by atoms with Crippen LogP contribution in [-0.4, -0.2) is 29.0 Å². The Morgan fingerprint density at radius 1 is 1.52 bits per heavy atom. The van der Waals surface area contributed by atoms with Crippen molar-refractivity contribution in [2.75, 3.05) is 6.61 Å². The number of nitrogens with one attached hydrogen (secondary N) is 1. The Labute approximate surface area is 123 Å². The Kier molecular flexibility index (Phi) is 5.26. The van der Waals surface area contributed by atoms with E-state index in [1.165, 1.54) is 18.2 Å². The molecule has 0 aliphatic carbocycles. The number of rotatable bonds is 7. The molecule has 0 heterocycles. The number of carbonyl (C=O) groups is 1. The highest BCUT2D eigenvalue weighted by atomic mass is 16.6. The minimum absolute atomic E-state index is 0.00202. The summed E-state index contributed by atoms with van der Waals surface area (Å²) in [7, 11) is 0. The molecule has 0 spiro atoms. The van der Waals surface area contributed by atoms with E-state index in [4.69, 9.17) is 10.5 Å². The molecule has 1 unspecified atom stereocenters. The van der Waals surface area contributed by atoms with Gasteiger partial charge in [0.2, 0.25) is 5.91 Å². The first-order chi connectivity index (χ1) is 9.65. The van der Waals surface area contributed by atoms with Gasteiger partial charge in [-0.15, -0.1) is 0 Å². The molecule has 3 N–H and O–H groups in total. The largest absolute Gasteiger partial charge is 0.491 e. The molecule has 21 heavy (non-hydrogen) atoms. The summed E-state index contributed by atoms with van der Waals surface area (Å²) in [6.45, 7) is 7.21. The normalized spacial score (nSPS) is 13.8. The highest BCUT2D eigenvalue weighted by Gasteiger charge is 2.32. The lowest BCUT2D eigenvalue weighted by atomic mass is 10.0. The van der Waals surface area contributed by atoms with Gasteiger partial charge in [-0.3, -0.25) is 20.2 Å². The van der Waals surface area contributed by atoms with Gasteiger partial charge in [0.15, 0.2) is 0 Å². The second-order valence-corrected chi connectivity index (χ2v) is 5.49. The summed E-state index contributed by atoms with van der Waals surface area (Å²) in [6.07, 6.45) is 0. The van der Waals surface area contributed by atoms with Gasteiger partial charge in [0, 0.05) is 18.2 Å². The van der Waals surface area contributed by atoms with E-state index in [1.807, 2.05) is 13.8 Å². The van der Waals surface area contributed by atoms with E-state index in [0.717, 1.165) is 0 Å². The maximum atomic E-state index is 11.6. The zero-order valence-electron chi connectivity index (χ0n) is 12.7. The Morgan fingerprint density at radius 2 is 2.14 bits per heavy atom. The van der Waals surface area contributed by atoms with Crippen LogP contribution in [0.25, 0.3) is 0 Å². The highest BCUT2D eigenvalue weighted by molar-refractivity contribution is 5.84. The third-order valence-electron chi connectivity index (χ3n) is 3.04. The maximum Gasteiger partial charge on any atom is 0.269 e. The number of carbonyl (C=O) groups excluding carboxylic acids is 1. The molecule has 7 heteroatoms. The minimum Gasteiger partial charge on any atom is -0.491 e. The van der Waals surface area contributed by atoms with Gasteiger partial charge < -0.3 is 10.5 Å². The second kappa shape index (κ2) is 6.53. The zero-order chi connectivity index (χ0) is 16.2. The first kappa shape index (κ1) is 16.9. The van der Waals surface area contributed by atoms with Gasteiger partial charge >= 0.3 is 0 Å². The summed E-state index contributed by atoms with van der Waals surface area (Å²) in [5.74, 6) is -0.0330. The van der Waals surface area contributed by atoms with Gasteiger partial charge in [0.1, 0.15) is 17.9 Å². The van der Waals surface area contributed by atoms with Crippen molar-refractivity contribution in [3.63, 3.8) is 0 Å². The third kappa shape index (κ3) is 4.42. The molecule has 1 rings (SSSR count). The topological polar surface area (TPSA) is 107 Å². The van der Waals surface area contributed by atoms with Gasteiger partial charge in [0.25, 0.3) is 5.69 Å². The number of benzene rings is 1. The van der Waals surface area contributed by atoms with Crippen molar-refractivity contribution >= 4 is 11.6 Å². The molecule has 0 aliphatic heterocycles.